The Balaban J connectivity index is 3.44. The molecule has 1 atom stereocenters. The molecule has 0 unspecified atom stereocenters. The van der Waals surface area contributed by atoms with Gasteiger partial charge in [0.1, 0.15) is 6.10 Å². The average molecular weight is 341 g/mol. The van der Waals surface area contributed by atoms with E-state index in [-0.39, 0.29) is 6.10 Å². The van der Waals surface area contributed by atoms with Gasteiger partial charge in [0.25, 0.3) is 0 Å². The van der Waals surface area contributed by atoms with Gasteiger partial charge in [0, 0.05) is 6.42 Å². The summed E-state index contributed by atoms with van der Waals surface area (Å²) in [5.74, 6) is -0.686. The van der Waals surface area contributed by atoms with E-state index >= 15 is 0 Å². The monoisotopic (exact) mass is 340 g/mol. The van der Waals surface area contributed by atoms with Gasteiger partial charge in [-0.25, -0.2) is 4.89 Å². The molecule has 0 rings (SSSR count). The highest BCUT2D eigenvalue weighted by atomic mass is 17.1. The molecule has 140 valence electrons. The molecule has 0 saturated carbocycles. The fourth-order valence-corrected chi connectivity index (χ4v) is 2.56. The Hall–Kier alpha value is -1.13. The van der Waals surface area contributed by atoms with Gasteiger partial charge in [0.15, 0.2) is 0 Å². The van der Waals surface area contributed by atoms with Crippen molar-refractivity contribution in [3.05, 3.63) is 24.3 Å². The van der Waals surface area contributed by atoms with Crippen LogP contribution in [-0.4, -0.2) is 22.4 Å². The van der Waals surface area contributed by atoms with Crippen molar-refractivity contribution in [2.24, 2.45) is 0 Å². The summed E-state index contributed by atoms with van der Waals surface area (Å²) in [6.07, 6.45) is 21.3. The van der Waals surface area contributed by atoms with Crippen molar-refractivity contribution >= 4 is 5.97 Å². The Kier molecular flexibility index (Phi) is 17.4. The van der Waals surface area contributed by atoms with Crippen LogP contribution in [0.15, 0.2) is 24.3 Å². The Morgan fingerprint density at radius 1 is 0.958 bits per heavy atom. The first kappa shape index (κ1) is 22.9. The minimum Gasteiger partial charge on any atom is -0.481 e. The summed E-state index contributed by atoms with van der Waals surface area (Å²) in [5, 5.41) is 17.4. The molecule has 0 aromatic carbocycles. The third-order valence-corrected chi connectivity index (χ3v) is 4.06. The lowest BCUT2D eigenvalue weighted by Gasteiger charge is -2.07. The number of carboxylic acid groups (broad SMARTS) is 1. The largest absolute Gasteiger partial charge is 0.481 e. The molecule has 0 bridgehead atoms. The average Bonchev–Trinajstić information content (AvgIpc) is 2.57. The molecular formula is C20H36O4. The summed E-state index contributed by atoms with van der Waals surface area (Å²) in [6.45, 7) is 2.16. The molecule has 2 N–H and O–H groups in total. The molecule has 0 saturated heterocycles. The molecule has 0 aliphatic heterocycles. The first-order chi connectivity index (χ1) is 11.7. The van der Waals surface area contributed by atoms with Gasteiger partial charge in [0.05, 0.1) is 0 Å². The second-order valence-corrected chi connectivity index (χ2v) is 6.36. The number of allylic oxidation sites excluding steroid dienone is 3. The molecule has 0 fully saturated rings. The maximum Gasteiger partial charge on any atom is 0.303 e. The Bertz CT molecular complexity index is 337. The number of carboxylic acids is 1. The van der Waals surface area contributed by atoms with Gasteiger partial charge >= 0.3 is 5.97 Å². The molecule has 4 nitrogen and oxygen atoms in total. The van der Waals surface area contributed by atoms with E-state index in [1.54, 1.807) is 0 Å². The molecule has 0 spiro atoms. The van der Waals surface area contributed by atoms with Crippen molar-refractivity contribution in [2.75, 3.05) is 0 Å². The molecule has 0 aliphatic rings. The van der Waals surface area contributed by atoms with Gasteiger partial charge in [-0.05, 0) is 25.7 Å². The van der Waals surface area contributed by atoms with Crippen molar-refractivity contribution in [3.63, 3.8) is 0 Å². The van der Waals surface area contributed by atoms with E-state index in [9.17, 15) is 4.79 Å². The topological polar surface area (TPSA) is 66.8 Å². The van der Waals surface area contributed by atoms with Gasteiger partial charge in [0.2, 0.25) is 0 Å². The number of hydrogen-bond acceptors (Lipinski definition) is 3. The lowest BCUT2D eigenvalue weighted by Crippen LogP contribution is -2.06. The van der Waals surface area contributed by atoms with Gasteiger partial charge in [-0.2, -0.15) is 0 Å². The zero-order chi connectivity index (χ0) is 17.9. The minimum absolute atomic E-state index is 0.192. The highest BCUT2D eigenvalue weighted by Gasteiger charge is 2.02. The quantitative estimate of drug-likeness (QED) is 0.145. The van der Waals surface area contributed by atoms with Crippen LogP contribution in [0.5, 0.6) is 0 Å². The fraction of sp³-hybridized carbons (Fsp3) is 0.750. The molecule has 0 aromatic rings. The number of aliphatic carboxylic acids is 1. The van der Waals surface area contributed by atoms with Gasteiger partial charge in [-0.1, -0.05) is 82.6 Å². The Morgan fingerprint density at radius 2 is 1.62 bits per heavy atom. The molecule has 0 amide bonds. The molecule has 0 radical (unpaired) electrons. The highest BCUT2D eigenvalue weighted by Crippen LogP contribution is 2.10. The molecular weight excluding hydrogens is 304 g/mol. The van der Waals surface area contributed by atoms with E-state index in [4.69, 9.17) is 10.4 Å². The summed E-state index contributed by atoms with van der Waals surface area (Å²) in [4.78, 5) is 14.8. The third kappa shape index (κ3) is 17.2. The summed E-state index contributed by atoms with van der Waals surface area (Å²) < 4.78 is 0. The number of hydrogen-bond donors (Lipinski definition) is 2. The predicted molar refractivity (Wildman–Crippen MR) is 99.1 cm³/mol. The van der Waals surface area contributed by atoms with Crippen molar-refractivity contribution in [1.29, 1.82) is 0 Å². The maximum absolute atomic E-state index is 10.4. The van der Waals surface area contributed by atoms with Crippen LogP contribution in [0.1, 0.15) is 90.4 Å². The number of rotatable bonds is 17. The summed E-state index contributed by atoms with van der Waals surface area (Å²) in [7, 11) is 0. The lowest BCUT2D eigenvalue weighted by molar-refractivity contribution is -0.267. The highest BCUT2D eigenvalue weighted by molar-refractivity contribution is 5.66. The molecule has 0 heterocycles. The summed E-state index contributed by atoms with van der Waals surface area (Å²) in [5.41, 5.74) is 0. The second-order valence-electron chi connectivity index (χ2n) is 6.36. The van der Waals surface area contributed by atoms with Crippen LogP contribution in [-0.2, 0) is 9.68 Å². The van der Waals surface area contributed by atoms with Crippen molar-refractivity contribution in [1.82, 2.24) is 0 Å². The van der Waals surface area contributed by atoms with Crippen LogP contribution in [0.3, 0.4) is 0 Å². The van der Waals surface area contributed by atoms with Crippen LogP contribution < -0.4 is 0 Å². The lowest BCUT2D eigenvalue weighted by atomic mass is 10.1. The minimum atomic E-state index is -0.686. The van der Waals surface area contributed by atoms with Gasteiger partial charge in [-0.3, -0.25) is 10.1 Å². The summed E-state index contributed by atoms with van der Waals surface area (Å²) in [6, 6.07) is 0. The van der Waals surface area contributed by atoms with Crippen LogP contribution in [0, 0.1) is 0 Å². The predicted octanol–water partition coefficient (Wildman–Crippen LogP) is 6.13. The van der Waals surface area contributed by atoms with E-state index in [1.165, 1.54) is 38.5 Å². The van der Waals surface area contributed by atoms with E-state index in [1.807, 2.05) is 18.2 Å². The van der Waals surface area contributed by atoms with Gasteiger partial charge in [-0.15, -0.1) is 0 Å². The van der Waals surface area contributed by atoms with Crippen LogP contribution in [0.4, 0.5) is 0 Å². The van der Waals surface area contributed by atoms with Gasteiger partial charge < -0.3 is 5.11 Å². The standard InChI is InChI=1S/C20H36O4/c1-2-3-13-16-19(24-23)17-14-11-9-7-5-4-6-8-10-12-15-18-20(21)22/h9,11,14,17,19,23H,2-8,10,12-13,15-16,18H2,1H3,(H,21,22)/b11-9-,17-14+/t19-/m0/s1. The SMILES string of the molecule is CCCCC[C@@H](/C=C/C=C\CCCCCCCCCC(=O)O)OO. The second kappa shape index (κ2) is 18.2. The first-order valence-electron chi connectivity index (χ1n) is 9.56. The van der Waals surface area contributed by atoms with Crippen molar-refractivity contribution in [3.8, 4) is 0 Å². The van der Waals surface area contributed by atoms with Crippen LogP contribution >= 0.6 is 0 Å². The van der Waals surface area contributed by atoms with Crippen molar-refractivity contribution in [2.45, 2.75) is 96.5 Å². The van der Waals surface area contributed by atoms with Crippen molar-refractivity contribution < 1.29 is 20.0 Å². The molecule has 0 aliphatic carbocycles. The smallest absolute Gasteiger partial charge is 0.303 e. The Labute approximate surface area is 147 Å². The summed E-state index contributed by atoms with van der Waals surface area (Å²) >= 11 is 0. The molecule has 0 aromatic heterocycles. The maximum atomic E-state index is 10.4. The normalized spacial score (nSPS) is 13.1. The number of carbonyl (C=O) groups is 1. The van der Waals surface area contributed by atoms with Crippen LogP contribution in [0.25, 0.3) is 0 Å². The first-order valence-corrected chi connectivity index (χ1v) is 9.56. The van der Waals surface area contributed by atoms with E-state index in [0.29, 0.717) is 6.42 Å². The third-order valence-electron chi connectivity index (χ3n) is 4.06. The zero-order valence-corrected chi connectivity index (χ0v) is 15.3. The van der Waals surface area contributed by atoms with Crippen LogP contribution in [0.2, 0.25) is 0 Å². The van der Waals surface area contributed by atoms with E-state index in [0.717, 1.165) is 38.5 Å². The Morgan fingerprint density at radius 3 is 2.25 bits per heavy atom. The zero-order valence-electron chi connectivity index (χ0n) is 15.3. The van der Waals surface area contributed by atoms with E-state index in [2.05, 4.69) is 17.9 Å². The molecule has 24 heavy (non-hydrogen) atoms. The van der Waals surface area contributed by atoms with E-state index < -0.39 is 5.97 Å². The number of unbranched alkanes of at least 4 members (excludes halogenated alkanes) is 9. The fourth-order valence-electron chi connectivity index (χ4n) is 2.56. The molecule has 4 heteroatoms.